The minimum atomic E-state index is -0.379. The van der Waals surface area contributed by atoms with Crippen LogP contribution in [0.4, 0.5) is 0 Å². The molecule has 2 aliphatic rings. The number of rotatable bonds is 17. The van der Waals surface area contributed by atoms with Crippen molar-refractivity contribution in [1.82, 2.24) is 4.98 Å². The number of fused-ring (bicyclic) bond motifs is 2. The van der Waals surface area contributed by atoms with E-state index in [0.717, 1.165) is 41.7 Å². The molecule has 0 N–H and O–H groups in total. The van der Waals surface area contributed by atoms with Crippen molar-refractivity contribution in [1.29, 1.82) is 0 Å². The molecule has 338 valence electrons. The highest BCUT2D eigenvalue weighted by atomic mass is 32.1. The van der Waals surface area contributed by atoms with E-state index >= 15 is 0 Å². The van der Waals surface area contributed by atoms with Crippen molar-refractivity contribution < 1.29 is 38.1 Å². The van der Waals surface area contributed by atoms with Crippen LogP contribution < -0.4 is 9.47 Å². The summed E-state index contributed by atoms with van der Waals surface area (Å²) in [6, 6.07) is 32.1. The molecule has 0 bridgehead atoms. The molecule has 2 fully saturated rings. The first-order valence-electron chi connectivity index (χ1n) is 23.6. The van der Waals surface area contributed by atoms with E-state index in [2.05, 4.69) is 62.4 Å². The van der Waals surface area contributed by atoms with Crippen molar-refractivity contribution in [2.24, 2.45) is 11.8 Å². The Morgan fingerprint density at radius 2 is 0.985 bits per heavy atom. The van der Waals surface area contributed by atoms with Gasteiger partial charge in [-0.3, -0.25) is 19.2 Å². The first-order valence-corrected chi connectivity index (χ1v) is 24.5. The van der Waals surface area contributed by atoms with Gasteiger partial charge in [-0.15, -0.1) is 11.3 Å². The normalized spacial score (nSPS) is 18.6. The number of ether oxygens (including phenoxy) is 4. The summed E-state index contributed by atoms with van der Waals surface area (Å²) in [5.41, 5.74) is 5.98. The average Bonchev–Trinajstić information content (AvgIpc) is 3.88. The quantitative estimate of drug-likeness (QED) is 0.0501. The molecule has 2 saturated carbocycles. The predicted molar refractivity (Wildman–Crippen MR) is 255 cm³/mol. The number of hydrogen-bond acceptors (Lipinski definition) is 10. The first-order chi connectivity index (χ1) is 31.7. The van der Waals surface area contributed by atoms with Gasteiger partial charge in [-0.1, -0.05) is 106 Å². The van der Waals surface area contributed by atoms with Crippen molar-refractivity contribution in [3.05, 3.63) is 125 Å². The van der Waals surface area contributed by atoms with Gasteiger partial charge in [-0.2, -0.15) is 0 Å². The number of aromatic nitrogens is 1. The minimum Gasteiger partial charge on any atom is -0.462 e. The van der Waals surface area contributed by atoms with E-state index in [9.17, 15) is 19.2 Å². The maximum Gasteiger partial charge on any atom is 0.314 e. The van der Waals surface area contributed by atoms with Gasteiger partial charge in [0.25, 0.3) is 0 Å². The Morgan fingerprint density at radius 3 is 1.45 bits per heavy atom. The lowest BCUT2D eigenvalue weighted by atomic mass is 9.87. The maximum absolute atomic E-state index is 14.0. The van der Waals surface area contributed by atoms with Crippen molar-refractivity contribution in [2.75, 3.05) is 0 Å². The van der Waals surface area contributed by atoms with Crippen LogP contribution in [0.5, 0.6) is 11.5 Å². The van der Waals surface area contributed by atoms with E-state index in [1.165, 1.54) is 11.1 Å². The van der Waals surface area contributed by atoms with E-state index in [-0.39, 0.29) is 47.9 Å². The Kier molecular flexibility index (Phi) is 15.4. The number of nitrogens with zero attached hydrogens (tertiary/aromatic N) is 1. The molecular formula is C55H59NO8S. The van der Waals surface area contributed by atoms with Gasteiger partial charge in [0, 0.05) is 29.0 Å². The lowest BCUT2D eigenvalue weighted by molar-refractivity contribution is -0.153. The number of carbonyl (C=O) groups is 4. The second-order valence-electron chi connectivity index (χ2n) is 17.7. The van der Waals surface area contributed by atoms with E-state index in [0.29, 0.717) is 116 Å². The van der Waals surface area contributed by atoms with Crippen molar-refractivity contribution in [2.45, 2.75) is 129 Å². The number of carbonyl (C=O) groups excluding carboxylic acids is 4. The number of hydrogen-bond donors (Lipinski definition) is 0. The Morgan fingerprint density at radius 1 is 0.523 bits per heavy atom. The summed E-state index contributed by atoms with van der Waals surface area (Å²) >= 11 is 1.56. The maximum atomic E-state index is 14.0. The average molecular weight is 894 g/mol. The molecule has 6 aromatic rings. The highest BCUT2D eigenvalue weighted by Gasteiger charge is 2.33. The lowest BCUT2D eigenvalue weighted by Crippen LogP contribution is -2.30. The van der Waals surface area contributed by atoms with Crippen LogP contribution in [0.15, 0.2) is 102 Å². The zero-order chi connectivity index (χ0) is 45.1. The highest BCUT2D eigenvalue weighted by molar-refractivity contribution is 7.13. The molecule has 2 heterocycles. The summed E-state index contributed by atoms with van der Waals surface area (Å²) in [5.74, 6) is -1.19. The molecular weight excluding hydrogens is 835 g/mol. The van der Waals surface area contributed by atoms with Crippen LogP contribution in [0.2, 0.25) is 0 Å². The SMILES string of the molecule is CCCc1ccc(CCC(=O)OC2CCC(C(=O)Oc3c4ccccc4c(OC(=O)C4CCC(OC(=O)CCc5ccc(CCC)cc5)CC4)c4nc(-c5cccs5)ccc34)CC2)cc1. The third-order valence-corrected chi connectivity index (χ3v) is 13.8. The first kappa shape index (κ1) is 45.7. The lowest BCUT2D eigenvalue weighted by Gasteiger charge is -2.28. The topological polar surface area (TPSA) is 118 Å². The van der Waals surface area contributed by atoms with Crippen molar-refractivity contribution in [3.8, 4) is 22.1 Å². The largest absolute Gasteiger partial charge is 0.462 e. The van der Waals surface area contributed by atoms with Gasteiger partial charge in [0.15, 0.2) is 5.75 Å². The van der Waals surface area contributed by atoms with Gasteiger partial charge in [-0.05, 0) is 123 Å². The molecule has 2 aromatic heterocycles. The van der Waals surface area contributed by atoms with E-state index < -0.39 is 0 Å². The fourth-order valence-corrected chi connectivity index (χ4v) is 9.94. The van der Waals surface area contributed by atoms with Crippen LogP contribution in [0.3, 0.4) is 0 Å². The van der Waals surface area contributed by atoms with Crippen molar-refractivity contribution in [3.63, 3.8) is 0 Å². The van der Waals surface area contributed by atoms with Crippen molar-refractivity contribution >= 4 is 56.9 Å². The molecule has 0 radical (unpaired) electrons. The molecule has 2 aliphatic carbocycles. The number of thiophene rings is 1. The summed E-state index contributed by atoms with van der Waals surface area (Å²) in [4.78, 5) is 59.7. The summed E-state index contributed by atoms with van der Waals surface area (Å²) in [7, 11) is 0. The van der Waals surface area contributed by atoms with Gasteiger partial charge < -0.3 is 18.9 Å². The van der Waals surface area contributed by atoms with Crippen LogP contribution in [-0.4, -0.2) is 41.1 Å². The minimum absolute atomic E-state index is 0.217. The second-order valence-corrected chi connectivity index (χ2v) is 18.6. The van der Waals surface area contributed by atoms with Gasteiger partial charge in [-0.25, -0.2) is 4.98 Å². The summed E-state index contributed by atoms with van der Waals surface area (Å²) in [6.45, 7) is 4.33. The van der Waals surface area contributed by atoms with Gasteiger partial charge in [0.1, 0.15) is 23.5 Å². The molecule has 0 aliphatic heterocycles. The predicted octanol–water partition coefficient (Wildman–Crippen LogP) is 12.3. The van der Waals surface area contributed by atoms with Gasteiger partial charge in [0.05, 0.1) is 22.4 Å². The molecule has 0 unspecified atom stereocenters. The number of aryl methyl sites for hydroxylation is 4. The molecule has 9 nitrogen and oxygen atoms in total. The standard InChI is InChI=1S/C55H59NO8S/c1-3-8-36-13-17-38(18-14-36)21-33-49(57)61-42-27-23-40(24-28-42)54(59)63-52-44-10-5-6-11-45(44)53(51-46(52)31-32-47(56-51)48-12-7-35-65-48)64-55(60)41-25-29-43(30-26-41)62-50(58)34-22-39-19-15-37(9-4-2)16-20-39/h5-7,10-20,31-32,35,40-43H,3-4,8-9,21-30,33-34H2,1-2H3. The molecule has 65 heavy (non-hydrogen) atoms. The van der Waals surface area contributed by atoms with E-state index in [4.69, 9.17) is 23.9 Å². The highest BCUT2D eigenvalue weighted by Crippen LogP contribution is 2.44. The van der Waals surface area contributed by atoms with Gasteiger partial charge >= 0.3 is 23.9 Å². The molecule has 0 spiro atoms. The second kappa shape index (κ2) is 21.9. The number of benzene rings is 4. The molecule has 0 saturated heterocycles. The van der Waals surface area contributed by atoms with E-state index in [1.54, 1.807) is 11.3 Å². The molecule has 0 amide bonds. The summed E-state index contributed by atoms with van der Waals surface area (Å²) < 4.78 is 24.4. The zero-order valence-electron chi connectivity index (χ0n) is 37.6. The Hall–Kier alpha value is -5.87. The third-order valence-electron chi connectivity index (χ3n) is 12.9. The van der Waals surface area contributed by atoms with Crippen LogP contribution in [0.1, 0.15) is 113 Å². The monoisotopic (exact) mass is 893 g/mol. The molecule has 0 atom stereocenters. The molecule has 4 aromatic carbocycles. The Bertz CT molecular complexity index is 2570. The molecule has 10 heteroatoms. The Balaban J connectivity index is 0.911. The number of esters is 4. The van der Waals surface area contributed by atoms with Crippen LogP contribution in [0.25, 0.3) is 32.2 Å². The summed E-state index contributed by atoms with van der Waals surface area (Å²) in [5, 5.41) is 3.80. The number of pyridine rings is 1. The third kappa shape index (κ3) is 11.7. The van der Waals surface area contributed by atoms with Gasteiger partial charge in [0.2, 0.25) is 0 Å². The fraction of sp³-hybridized carbons (Fsp3) is 0.400. The zero-order valence-corrected chi connectivity index (χ0v) is 38.4. The van der Waals surface area contributed by atoms with Crippen LogP contribution in [0, 0.1) is 11.8 Å². The smallest absolute Gasteiger partial charge is 0.314 e. The Labute approximate surface area is 385 Å². The van der Waals surface area contributed by atoms with Crippen LogP contribution >= 0.6 is 11.3 Å². The van der Waals surface area contributed by atoms with Crippen LogP contribution in [-0.2, 0) is 54.3 Å². The van der Waals surface area contributed by atoms with E-state index in [1.807, 2.05) is 53.9 Å². The molecule has 8 rings (SSSR count). The fourth-order valence-electron chi connectivity index (χ4n) is 9.25. The summed E-state index contributed by atoms with van der Waals surface area (Å²) in [6.07, 6.45) is 10.2.